The minimum absolute atomic E-state index is 0.0707. The molecule has 0 fully saturated rings. The number of rotatable bonds is 11. The van der Waals surface area contributed by atoms with Crippen LogP contribution in [0.25, 0.3) is 5.57 Å². The fraction of sp³-hybridized carbons (Fsp3) is 0.500. The monoisotopic (exact) mass is 1040 g/mol. The lowest BCUT2D eigenvalue weighted by molar-refractivity contribution is 0.420. The zero-order chi connectivity index (χ0) is 55.4. The Bertz CT molecular complexity index is 2510. The number of hydrogen-bond acceptors (Lipinski definition) is 4. The van der Waals surface area contributed by atoms with E-state index in [-0.39, 0.29) is 43.3 Å². The highest BCUT2D eigenvalue weighted by Crippen LogP contribution is 2.72. The van der Waals surface area contributed by atoms with Gasteiger partial charge in [0.15, 0.2) is 4.90 Å². The molecule has 0 radical (unpaired) electrons. The van der Waals surface area contributed by atoms with Crippen LogP contribution in [0.1, 0.15) is 223 Å². The fourth-order valence-electron chi connectivity index (χ4n) is 9.16. The third kappa shape index (κ3) is 13.8. The largest absolute Gasteiger partial charge is 0.437 e. The van der Waals surface area contributed by atoms with Crippen molar-refractivity contribution in [1.29, 1.82) is 0 Å². The lowest BCUT2D eigenvalue weighted by Gasteiger charge is -2.42. The molecule has 0 spiro atoms. The lowest BCUT2D eigenvalue weighted by atomic mass is 9.80. The van der Waals surface area contributed by atoms with Gasteiger partial charge in [-0.3, -0.25) is 0 Å². The average molecular weight is 1040 g/mol. The molecule has 5 aromatic carbocycles. The summed E-state index contributed by atoms with van der Waals surface area (Å²) in [5, 5.41) is 0. The molecule has 400 valence electrons. The standard InChI is InChI=1S/C68H94O4P2/c1-60(2,3)48-30-34-56(52(42-48)64(13,14)15)69-73(70-57-35-31-49(61(4,5)6)43-53(57)65(16,17)18)68(40-38-47(39-41-68)46-28-26-25-27-29-46)74(71-58-36-32-50(62(7,8)9)44-54(58)66(19,20)21)72-59-37-33-51(63(10,11)12)45-55(59)67(22,23)24/h25-40,42-45H,41H2,1-24H3. The molecule has 0 atom stereocenters. The summed E-state index contributed by atoms with van der Waals surface area (Å²) in [4.78, 5) is -0.992. The van der Waals surface area contributed by atoms with Crippen molar-refractivity contribution in [2.75, 3.05) is 0 Å². The SMILES string of the molecule is CC(C)(C)c1ccc(OP(Oc2ccc(C(C)(C)C)cc2C(C)(C)C)C2(P(Oc3ccc(C(C)(C)C)cc3C(C)(C)C)Oc3ccc(C(C)(C)C)cc3C(C)(C)C)C=CC(c3ccccc3)=CC2)c(C(C)(C)C)c1. The smallest absolute Gasteiger partial charge is 0.313 e. The second kappa shape index (κ2) is 20.9. The molecule has 0 aromatic heterocycles. The van der Waals surface area contributed by atoms with Gasteiger partial charge in [-0.2, -0.15) is 0 Å². The quantitative estimate of drug-likeness (QED) is 0.124. The summed E-state index contributed by atoms with van der Waals surface area (Å²) in [6.45, 7) is 54.7. The van der Waals surface area contributed by atoms with Crippen LogP contribution < -0.4 is 18.1 Å². The van der Waals surface area contributed by atoms with Gasteiger partial charge in [-0.1, -0.05) is 263 Å². The van der Waals surface area contributed by atoms with Gasteiger partial charge in [-0.15, -0.1) is 0 Å². The zero-order valence-corrected chi connectivity index (χ0v) is 52.1. The average Bonchev–Trinajstić information content (AvgIpc) is 3.26. The molecule has 0 unspecified atom stereocenters. The Labute approximate surface area is 453 Å². The molecular formula is C68H94O4P2. The van der Waals surface area contributed by atoms with Crippen LogP contribution in [0.2, 0.25) is 0 Å². The van der Waals surface area contributed by atoms with Crippen molar-refractivity contribution >= 4 is 22.3 Å². The van der Waals surface area contributed by atoms with E-state index >= 15 is 0 Å². The molecule has 4 nitrogen and oxygen atoms in total. The Morgan fingerprint density at radius 2 is 0.608 bits per heavy atom. The van der Waals surface area contributed by atoms with Gasteiger partial charge in [0.05, 0.1) is 0 Å². The first kappa shape index (κ1) is 58.9. The maximum absolute atomic E-state index is 7.89. The van der Waals surface area contributed by atoms with Crippen LogP contribution in [0.5, 0.6) is 23.0 Å². The Kier molecular flexibility index (Phi) is 16.6. The summed E-state index contributed by atoms with van der Waals surface area (Å²) in [6.07, 6.45) is 7.50. The number of hydrogen-bond donors (Lipinski definition) is 0. The van der Waals surface area contributed by atoms with Crippen LogP contribution in [-0.4, -0.2) is 4.90 Å². The minimum Gasteiger partial charge on any atom is -0.437 e. The van der Waals surface area contributed by atoms with E-state index in [0.717, 1.165) is 56.4 Å². The molecule has 6 rings (SSSR count). The van der Waals surface area contributed by atoms with Crippen molar-refractivity contribution in [3.8, 4) is 23.0 Å². The van der Waals surface area contributed by atoms with Crippen molar-refractivity contribution < 1.29 is 18.1 Å². The van der Waals surface area contributed by atoms with Crippen molar-refractivity contribution in [2.24, 2.45) is 0 Å². The first-order chi connectivity index (χ1) is 33.7. The molecule has 6 heteroatoms. The minimum atomic E-state index is -2.02. The molecule has 74 heavy (non-hydrogen) atoms. The Balaban J connectivity index is 1.76. The van der Waals surface area contributed by atoms with Crippen molar-refractivity contribution in [1.82, 2.24) is 0 Å². The van der Waals surface area contributed by atoms with E-state index in [1.807, 2.05) is 0 Å². The van der Waals surface area contributed by atoms with Gasteiger partial charge in [0.2, 0.25) is 0 Å². The molecule has 0 saturated carbocycles. The van der Waals surface area contributed by atoms with Crippen molar-refractivity contribution in [3.63, 3.8) is 0 Å². The number of allylic oxidation sites excluding steroid dienone is 4. The first-order valence-electron chi connectivity index (χ1n) is 27.1. The number of benzene rings is 5. The van der Waals surface area contributed by atoms with E-state index in [1.165, 1.54) is 22.3 Å². The molecule has 0 heterocycles. The Hall–Kier alpha value is -4.36. The molecule has 0 bridgehead atoms. The highest BCUT2D eigenvalue weighted by Gasteiger charge is 2.56. The van der Waals surface area contributed by atoms with Crippen LogP contribution in [0.4, 0.5) is 0 Å². The Morgan fingerprint density at radius 3 is 0.824 bits per heavy atom. The second-order valence-electron chi connectivity index (χ2n) is 29.2. The topological polar surface area (TPSA) is 36.9 Å². The van der Waals surface area contributed by atoms with Crippen LogP contribution >= 0.6 is 16.8 Å². The molecule has 0 saturated heterocycles. The highest BCUT2D eigenvalue weighted by atomic mass is 31.2. The van der Waals surface area contributed by atoms with Gasteiger partial charge in [0, 0.05) is 22.3 Å². The molecule has 1 aliphatic carbocycles. The van der Waals surface area contributed by atoms with Crippen LogP contribution in [0.3, 0.4) is 0 Å². The molecular weight excluding hydrogens is 943 g/mol. The first-order valence-corrected chi connectivity index (χ1v) is 29.4. The molecule has 0 aliphatic heterocycles. The van der Waals surface area contributed by atoms with E-state index < -0.39 is 21.6 Å². The van der Waals surface area contributed by atoms with Gasteiger partial charge in [-0.25, -0.2) is 0 Å². The van der Waals surface area contributed by atoms with Crippen LogP contribution in [-0.2, 0) is 43.3 Å². The van der Waals surface area contributed by atoms with Gasteiger partial charge in [0.25, 0.3) is 0 Å². The zero-order valence-electron chi connectivity index (χ0n) is 50.3. The summed E-state index contributed by atoms with van der Waals surface area (Å²) in [7, 11) is -4.03. The van der Waals surface area contributed by atoms with E-state index in [4.69, 9.17) is 18.1 Å². The summed E-state index contributed by atoms with van der Waals surface area (Å²) < 4.78 is 31.6. The van der Waals surface area contributed by atoms with E-state index in [0.29, 0.717) is 6.42 Å². The second-order valence-corrected chi connectivity index (χ2v) is 32.9. The van der Waals surface area contributed by atoms with Gasteiger partial charge >= 0.3 is 16.8 Å². The predicted molar refractivity (Wildman–Crippen MR) is 323 cm³/mol. The predicted octanol–water partition coefficient (Wildman–Crippen LogP) is 21.0. The molecule has 0 N–H and O–H groups in total. The maximum atomic E-state index is 7.89. The van der Waals surface area contributed by atoms with E-state index in [1.54, 1.807) is 0 Å². The molecule has 0 amide bonds. The maximum Gasteiger partial charge on any atom is 0.313 e. The van der Waals surface area contributed by atoms with Crippen molar-refractivity contribution in [2.45, 2.75) is 221 Å². The van der Waals surface area contributed by atoms with E-state index in [2.05, 4.69) is 288 Å². The summed E-state index contributed by atoms with van der Waals surface area (Å²) in [6, 6.07) is 37.8. The van der Waals surface area contributed by atoms with Gasteiger partial charge < -0.3 is 18.1 Å². The van der Waals surface area contributed by atoms with Crippen LogP contribution in [0, 0.1) is 0 Å². The fourth-order valence-corrected chi connectivity index (χ4v) is 13.1. The lowest BCUT2D eigenvalue weighted by Crippen LogP contribution is -2.32. The highest BCUT2D eigenvalue weighted by molar-refractivity contribution is 7.69. The van der Waals surface area contributed by atoms with E-state index in [9.17, 15) is 0 Å². The normalized spacial score (nSPS) is 15.1. The van der Waals surface area contributed by atoms with Crippen LogP contribution in [0.15, 0.2) is 121 Å². The van der Waals surface area contributed by atoms with Crippen molar-refractivity contribution in [3.05, 3.63) is 171 Å². The molecule has 1 aliphatic rings. The summed E-state index contributed by atoms with van der Waals surface area (Å²) >= 11 is 0. The summed E-state index contributed by atoms with van der Waals surface area (Å²) in [5.74, 6) is 3.21. The van der Waals surface area contributed by atoms with Gasteiger partial charge in [-0.05, 0) is 107 Å². The third-order valence-corrected chi connectivity index (χ3v) is 18.6. The third-order valence-electron chi connectivity index (χ3n) is 14.2. The summed E-state index contributed by atoms with van der Waals surface area (Å²) in [5.41, 5.74) is 10.5. The van der Waals surface area contributed by atoms with Gasteiger partial charge in [0.1, 0.15) is 23.0 Å². The Morgan fingerprint density at radius 1 is 0.338 bits per heavy atom. The molecule has 5 aromatic rings.